The predicted molar refractivity (Wildman–Crippen MR) is 76.5 cm³/mol. The third-order valence-corrected chi connectivity index (χ3v) is 4.33. The molecule has 4 nitrogen and oxygen atoms in total. The molecule has 1 aliphatic carbocycles. The minimum atomic E-state index is -0.188. The van der Waals surface area contributed by atoms with Gasteiger partial charge in [-0.05, 0) is 53.6 Å². The van der Waals surface area contributed by atoms with Gasteiger partial charge in [-0.2, -0.15) is 0 Å². The molecule has 0 spiro atoms. The number of carbonyl (C=O) groups is 1. The number of carbonyl (C=O) groups excluding carboxylic acids is 1. The van der Waals surface area contributed by atoms with Crippen LogP contribution >= 0.6 is 22.6 Å². The summed E-state index contributed by atoms with van der Waals surface area (Å²) in [6.45, 7) is 0.114. The molecule has 1 fully saturated rings. The van der Waals surface area contributed by atoms with E-state index in [-0.39, 0.29) is 30.2 Å². The molecule has 1 amide bonds. The molecule has 2 unspecified atom stereocenters. The highest BCUT2D eigenvalue weighted by Gasteiger charge is 2.28. The van der Waals surface area contributed by atoms with Gasteiger partial charge >= 0.3 is 0 Å². The summed E-state index contributed by atoms with van der Waals surface area (Å²) in [6.07, 6.45) is 2.90. The predicted octanol–water partition coefficient (Wildman–Crippen LogP) is 1.89. The van der Waals surface area contributed by atoms with E-state index in [0.29, 0.717) is 5.56 Å². The van der Waals surface area contributed by atoms with E-state index in [9.17, 15) is 15.0 Å². The van der Waals surface area contributed by atoms with Crippen molar-refractivity contribution in [1.82, 2.24) is 5.32 Å². The second-order valence-electron chi connectivity index (χ2n) is 4.62. The van der Waals surface area contributed by atoms with Crippen molar-refractivity contribution in [2.75, 3.05) is 6.61 Å². The first-order valence-corrected chi connectivity index (χ1v) is 7.10. The molecule has 2 atom stereocenters. The summed E-state index contributed by atoms with van der Waals surface area (Å²) in [5.41, 5.74) is 0.455. The largest absolute Gasteiger partial charge is 0.507 e. The fraction of sp³-hybridized carbons (Fsp3) is 0.462. The summed E-state index contributed by atoms with van der Waals surface area (Å²) in [7, 11) is 0. The van der Waals surface area contributed by atoms with Gasteiger partial charge in [0.25, 0.3) is 5.91 Å². The SMILES string of the molecule is O=C(NC1CCCC1CO)c1ccc(I)c(O)c1. The Hall–Kier alpha value is -0.820. The maximum absolute atomic E-state index is 12.0. The number of phenolic OH excluding ortho intramolecular Hbond substituents is 1. The van der Waals surface area contributed by atoms with Gasteiger partial charge in [0.05, 0.1) is 3.57 Å². The van der Waals surface area contributed by atoms with E-state index in [0.717, 1.165) is 22.8 Å². The number of phenols is 1. The molecule has 1 saturated carbocycles. The molecule has 1 aromatic carbocycles. The van der Waals surface area contributed by atoms with Crippen LogP contribution in [0.2, 0.25) is 0 Å². The molecule has 0 heterocycles. The molecular formula is C13H16INO3. The Morgan fingerprint density at radius 2 is 2.22 bits per heavy atom. The number of hydrogen-bond donors (Lipinski definition) is 3. The third-order valence-electron chi connectivity index (χ3n) is 3.42. The van der Waals surface area contributed by atoms with E-state index in [1.165, 1.54) is 6.07 Å². The number of hydrogen-bond acceptors (Lipinski definition) is 3. The van der Waals surface area contributed by atoms with Crippen molar-refractivity contribution in [2.24, 2.45) is 5.92 Å². The second-order valence-corrected chi connectivity index (χ2v) is 5.78. The van der Waals surface area contributed by atoms with Gasteiger partial charge in [0.15, 0.2) is 0 Å². The summed E-state index contributed by atoms with van der Waals surface area (Å²) in [4.78, 5) is 12.0. The van der Waals surface area contributed by atoms with Gasteiger partial charge < -0.3 is 15.5 Å². The van der Waals surface area contributed by atoms with Crippen LogP contribution in [0.25, 0.3) is 0 Å². The number of benzene rings is 1. The minimum absolute atomic E-state index is 0.0453. The number of amides is 1. The molecule has 98 valence electrons. The van der Waals surface area contributed by atoms with Crippen LogP contribution in [0.1, 0.15) is 29.6 Å². The van der Waals surface area contributed by atoms with Crippen LogP contribution in [0.3, 0.4) is 0 Å². The van der Waals surface area contributed by atoms with E-state index in [4.69, 9.17) is 0 Å². The summed E-state index contributed by atoms with van der Waals surface area (Å²) in [6, 6.07) is 4.92. The van der Waals surface area contributed by atoms with Gasteiger partial charge in [-0.1, -0.05) is 6.42 Å². The normalized spacial score (nSPS) is 23.0. The first kappa shape index (κ1) is 13.6. The number of aromatic hydroxyl groups is 1. The number of aliphatic hydroxyl groups excluding tert-OH is 1. The van der Waals surface area contributed by atoms with Gasteiger partial charge in [0.2, 0.25) is 0 Å². The first-order chi connectivity index (χ1) is 8.61. The number of halogens is 1. The lowest BCUT2D eigenvalue weighted by Crippen LogP contribution is -2.38. The molecular weight excluding hydrogens is 345 g/mol. The zero-order chi connectivity index (χ0) is 13.1. The summed E-state index contributed by atoms with van der Waals surface area (Å²) >= 11 is 2.01. The lowest BCUT2D eigenvalue weighted by Gasteiger charge is -2.19. The standard InChI is InChI=1S/C13H16INO3/c14-10-5-4-8(6-12(10)17)13(18)15-11-3-1-2-9(11)7-16/h4-6,9,11,16-17H,1-3,7H2,(H,15,18). The maximum atomic E-state index is 12.0. The van der Waals surface area contributed by atoms with Gasteiger partial charge in [0, 0.05) is 24.1 Å². The van der Waals surface area contributed by atoms with Gasteiger partial charge in [-0.15, -0.1) is 0 Å². The molecule has 1 aliphatic rings. The quantitative estimate of drug-likeness (QED) is 0.721. The van der Waals surface area contributed by atoms with Crippen molar-refractivity contribution in [3.05, 3.63) is 27.3 Å². The molecule has 0 aromatic heterocycles. The third kappa shape index (κ3) is 2.95. The molecule has 0 aliphatic heterocycles. The number of aliphatic hydroxyl groups is 1. The molecule has 0 radical (unpaired) electrons. The maximum Gasteiger partial charge on any atom is 0.251 e. The molecule has 0 saturated heterocycles. The molecule has 1 aromatic rings. The second kappa shape index (κ2) is 5.88. The lowest BCUT2D eigenvalue weighted by molar-refractivity contribution is 0.0915. The van der Waals surface area contributed by atoms with Crippen molar-refractivity contribution in [2.45, 2.75) is 25.3 Å². The van der Waals surface area contributed by atoms with E-state index in [1.807, 2.05) is 22.6 Å². The summed E-state index contributed by atoms with van der Waals surface area (Å²) in [5, 5.41) is 21.7. The highest BCUT2D eigenvalue weighted by Crippen LogP contribution is 2.26. The van der Waals surface area contributed by atoms with Crippen molar-refractivity contribution in [3.63, 3.8) is 0 Å². The van der Waals surface area contributed by atoms with Crippen LogP contribution in [0.5, 0.6) is 5.75 Å². The summed E-state index contributed by atoms with van der Waals surface area (Å²) in [5.74, 6) is 0.0897. The number of nitrogens with one attached hydrogen (secondary N) is 1. The average Bonchev–Trinajstić information content (AvgIpc) is 2.79. The summed E-state index contributed by atoms with van der Waals surface area (Å²) < 4.78 is 0.721. The molecule has 3 N–H and O–H groups in total. The van der Waals surface area contributed by atoms with Crippen molar-refractivity contribution in [1.29, 1.82) is 0 Å². The van der Waals surface area contributed by atoms with Crippen LogP contribution in [0, 0.1) is 9.49 Å². The highest BCUT2D eigenvalue weighted by molar-refractivity contribution is 14.1. The molecule has 5 heteroatoms. The molecule has 0 bridgehead atoms. The molecule has 18 heavy (non-hydrogen) atoms. The van der Waals surface area contributed by atoms with Crippen LogP contribution in [0.15, 0.2) is 18.2 Å². The Bertz CT molecular complexity index is 450. The van der Waals surface area contributed by atoms with Gasteiger partial charge in [-0.25, -0.2) is 0 Å². The van der Waals surface area contributed by atoms with Crippen LogP contribution < -0.4 is 5.32 Å². The van der Waals surface area contributed by atoms with Crippen molar-refractivity contribution < 1.29 is 15.0 Å². The minimum Gasteiger partial charge on any atom is -0.507 e. The Kier molecular flexibility index (Phi) is 4.45. The van der Waals surface area contributed by atoms with E-state index < -0.39 is 0 Å². The smallest absolute Gasteiger partial charge is 0.251 e. The zero-order valence-corrected chi connectivity index (χ0v) is 12.1. The lowest BCUT2D eigenvalue weighted by atomic mass is 10.0. The Labute approximate surface area is 120 Å². The van der Waals surface area contributed by atoms with Crippen molar-refractivity contribution >= 4 is 28.5 Å². The zero-order valence-electron chi connectivity index (χ0n) is 9.90. The van der Waals surface area contributed by atoms with Crippen LogP contribution in [-0.2, 0) is 0 Å². The Morgan fingerprint density at radius 3 is 2.89 bits per heavy atom. The fourth-order valence-electron chi connectivity index (χ4n) is 2.35. The van der Waals surface area contributed by atoms with E-state index in [2.05, 4.69) is 5.32 Å². The number of rotatable bonds is 3. The highest BCUT2D eigenvalue weighted by atomic mass is 127. The van der Waals surface area contributed by atoms with E-state index in [1.54, 1.807) is 12.1 Å². The van der Waals surface area contributed by atoms with Crippen LogP contribution in [0.4, 0.5) is 0 Å². The average molecular weight is 361 g/mol. The first-order valence-electron chi connectivity index (χ1n) is 6.02. The molecule has 2 rings (SSSR count). The topological polar surface area (TPSA) is 69.6 Å². The Morgan fingerprint density at radius 1 is 1.44 bits per heavy atom. The van der Waals surface area contributed by atoms with Gasteiger partial charge in [0.1, 0.15) is 5.75 Å². The van der Waals surface area contributed by atoms with Crippen LogP contribution in [-0.4, -0.2) is 28.8 Å². The fourth-order valence-corrected chi connectivity index (χ4v) is 2.69. The van der Waals surface area contributed by atoms with Gasteiger partial charge in [-0.3, -0.25) is 4.79 Å². The monoisotopic (exact) mass is 361 g/mol. The van der Waals surface area contributed by atoms with E-state index >= 15 is 0 Å². The van der Waals surface area contributed by atoms with Crippen molar-refractivity contribution in [3.8, 4) is 5.75 Å². The Balaban J connectivity index is 2.05.